The van der Waals surface area contributed by atoms with E-state index in [1.165, 1.54) is 44.6 Å². The van der Waals surface area contributed by atoms with Crippen molar-refractivity contribution < 1.29 is 88.3 Å². The molecule has 3 saturated heterocycles. The number of aliphatic hydroxyl groups excluding tert-OH is 6. The summed E-state index contributed by atoms with van der Waals surface area (Å²) in [7, 11) is 2.83. The number of phenolic OH excluding ortho intramolecular Hbond substituents is 2. The van der Waals surface area contributed by atoms with Crippen molar-refractivity contribution in [3.8, 4) is 23.0 Å². The molecule has 0 unspecified atom stereocenters. The molecule has 18 nitrogen and oxygen atoms in total. The van der Waals surface area contributed by atoms with E-state index in [9.17, 15) is 45.6 Å². The Morgan fingerprint density at radius 3 is 2.30 bits per heavy atom. The molecule has 0 radical (unpaired) electrons. The molecule has 2 aromatic rings. The minimum absolute atomic E-state index is 0.0144. The number of benzene rings is 2. The fourth-order valence-electron chi connectivity index (χ4n) is 6.18. The van der Waals surface area contributed by atoms with Gasteiger partial charge < -0.3 is 83.5 Å². The molecule has 0 spiro atoms. The van der Waals surface area contributed by atoms with E-state index in [0.29, 0.717) is 17.7 Å². The molecule has 3 aliphatic rings. The number of methoxy groups -OCH3 is 2. The summed E-state index contributed by atoms with van der Waals surface area (Å²) in [5.41, 5.74) is 1.37. The summed E-state index contributed by atoms with van der Waals surface area (Å²) in [4.78, 5) is 12.7. The van der Waals surface area contributed by atoms with Gasteiger partial charge in [0.1, 0.15) is 49.3 Å². The number of hydrogen-bond donors (Lipinski definition) is 8. The van der Waals surface area contributed by atoms with Gasteiger partial charge in [0.05, 0.1) is 46.2 Å². The second-order valence-corrected chi connectivity index (χ2v) is 13.0. The van der Waals surface area contributed by atoms with Crippen LogP contribution in [0.1, 0.15) is 24.0 Å². The van der Waals surface area contributed by atoms with Gasteiger partial charge in [0, 0.05) is 18.9 Å². The third-order valence-electron chi connectivity index (χ3n) is 9.19. The van der Waals surface area contributed by atoms with E-state index in [4.69, 9.17) is 42.6 Å². The highest BCUT2D eigenvalue weighted by atomic mass is 16.8. The summed E-state index contributed by atoms with van der Waals surface area (Å²) < 4.78 is 51.1. The zero-order valence-electron chi connectivity index (χ0n) is 29.7. The Morgan fingerprint density at radius 2 is 1.57 bits per heavy atom. The number of carbonyl (C=O) groups is 1. The van der Waals surface area contributed by atoms with Crippen molar-refractivity contribution in [1.82, 2.24) is 0 Å². The Labute approximate surface area is 310 Å². The van der Waals surface area contributed by atoms with Gasteiger partial charge in [-0.15, -0.1) is 0 Å². The van der Waals surface area contributed by atoms with Crippen molar-refractivity contribution in [2.24, 2.45) is 0 Å². The molecule has 0 aliphatic carbocycles. The summed E-state index contributed by atoms with van der Waals surface area (Å²) in [5, 5.41) is 81.8. The minimum Gasteiger partial charge on any atom is -0.504 e. The van der Waals surface area contributed by atoms with Crippen LogP contribution in [0.15, 0.2) is 42.5 Å². The molecule has 5 rings (SSSR count). The minimum atomic E-state index is -1.73. The van der Waals surface area contributed by atoms with Crippen molar-refractivity contribution >= 4 is 12.0 Å². The molecule has 18 heteroatoms. The summed E-state index contributed by atoms with van der Waals surface area (Å²) in [6, 6.07) is 9.42. The van der Waals surface area contributed by atoms with Gasteiger partial charge in [0.25, 0.3) is 0 Å². The van der Waals surface area contributed by atoms with Gasteiger partial charge in [-0.25, -0.2) is 4.79 Å². The first-order valence-corrected chi connectivity index (χ1v) is 17.3. The zero-order valence-corrected chi connectivity index (χ0v) is 29.7. The van der Waals surface area contributed by atoms with Gasteiger partial charge >= 0.3 is 5.97 Å². The third-order valence-corrected chi connectivity index (χ3v) is 9.19. The highest BCUT2D eigenvalue weighted by molar-refractivity contribution is 5.87. The van der Waals surface area contributed by atoms with E-state index in [2.05, 4.69) is 0 Å². The third kappa shape index (κ3) is 10.6. The van der Waals surface area contributed by atoms with Crippen LogP contribution >= 0.6 is 0 Å². The Balaban J connectivity index is 1.28. The van der Waals surface area contributed by atoms with Crippen LogP contribution in [0.3, 0.4) is 0 Å². The SMILES string of the molecule is COc1cc(/C=C/C(=O)OC[C@@H]2C[C@H](O[C@@H]3O[C@H](CO)[C@@H](O)[C@H](O)[C@H]3O[C@@H]3OC[C@@H](O)[C@H](O)[C@H]3O)C[C@H](OCCc3ccc(O)c(OC)c3)O2)ccc1O. The first-order valence-electron chi connectivity index (χ1n) is 17.3. The summed E-state index contributed by atoms with van der Waals surface area (Å²) >= 11 is 0. The molecular formula is C36H48O18. The lowest BCUT2D eigenvalue weighted by atomic mass is 9.98. The van der Waals surface area contributed by atoms with E-state index in [1.54, 1.807) is 18.2 Å². The lowest BCUT2D eigenvalue weighted by Crippen LogP contribution is -2.63. The number of hydrogen-bond acceptors (Lipinski definition) is 18. The average Bonchev–Trinajstić information content (AvgIpc) is 3.17. The van der Waals surface area contributed by atoms with E-state index in [1.807, 2.05) is 0 Å². The molecule has 0 amide bonds. The van der Waals surface area contributed by atoms with E-state index < -0.39 is 93.0 Å². The highest BCUT2D eigenvalue weighted by Crippen LogP contribution is 2.33. The number of aromatic hydroxyl groups is 2. The Kier molecular flexibility index (Phi) is 14.8. The van der Waals surface area contributed by atoms with E-state index in [-0.39, 0.29) is 43.3 Å². The first kappa shape index (κ1) is 41.5. The summed E-state index contributed by atoms with van der Waals surface area (Å²) in [5.74, 6) is -0.249. The van der Waals surface area contributed by atoms with Crippen molar-refractivity contribution in [2.75, 3.05) is 40.6 Å². The van der Waals surface area contributed by atoms with Crippen LogP contribution in [-0.2, 0) is 44.4 Å². The van der Waals surface area contributed by atoms with Gasteiger partial charge in [0.15, 0.2) is 41.9 Å². The fraction of sp³-hybridized carbons (Fsp3) is 0.583. The lowest BCUT2D eigenvalue weighted by Gasteiger charge is -2.46. The molecule has 3 aliphatic heterocycles. The number of esters is 1. The maximum absolute atomic E-state index is 12.7. The predicted molar refractivity (Wildman–Crippen MR) is 182 cm³/mol. The Bertz CT molecular complexity index is 1540. The molecule has 0 bridgehead atoms. The normalized spacial score (nSPS) is 33.0. The molecule has 54 heavy (non-hydrogen) atoms. The predicted octanol–water partition coefficient (Wildman–Crippen LogP) is -0.916. The molecule has 12 atom stereocenters. The second kappa shape index (κ2) is 19.3. The van der Waals surface area contributed by atoms with Gasteiger partial charge in [-0.3, -0.25) is 0 Å². The van der Waals surface area contributed by atoms with Crippen LogP contribution in [0.5, 0.6) is 23.0 Å². The first-order chi connectivity index (χ1) is 25.9. The van der Waals surface area contributed by atoms with Crippen molar-refractivity contribution in [1.29, 1.82) is 0 Å². The lowest BCUT2D eigenvalue weighted by molar-refractivity contribution is -0.367. The Morgan fingerprint density at radius 1 is 0.852 bits per heavy atom. The van der Waals surface area contributed by atoms with Crippen LogP contribution in [0, 0.1) is 0 Å². The maximum Gasteiger partial charge on any atom is 0.330 e. The smallest absolute Gasteiger partial charge is 0.330 e. The molecule has 8 N–H and O–H groups in total. The van der Waals surface area contributed by atoms with Crippen LogP contribution in [0.4, 0.5) is 0 Å². The number of carbonyl (C=O) groups excluding carboxylic acids is 1. The van der Waals surface area contributed by atoms with Crippen molar-refractivity contribution in [3.05, 3.63) is 53.6 Å². The standard InChI is InChI=1S/C36H48O18/c1-46-25-11-18(3-6-22(25)38)5-8-28(41)49-16-21-13-20(14-29(51-21)48-10-9-19-4-7-23(39)26(12-19)47-2)52-36-34(32(44)31(43)27(15-37)53-36)54-35-33(45)30(42)24(40)17-50-35/h3-8,11-12,20-21,24,27,29-40,42-45H,9-10,13-17H2,1-2H3/b8-5+/t20-,21-,24+,27+,29+,30-,31+,32-,33+,34+,35-,36+/m0/s1. The molecule has 3 fully saturated rings. The van der Waals surface area contributed by atoms with Crippen molar-refractivity contribution in [3.63, 3.8) is 0 Å². The van der Waals surface area contributed by atoms with Crippen LogP contribution in [-0.4, -0.2) is 161 Å². The molecule has 2 aromatic carbocycles. The van der Waals surface area contributed by atoms with Crippen molar-refractivity contribution in [2.45, 2.75) is 93.1 Å². The molecule has 300 valence electrons. The zero-order chi connectivity index (χ0) is 38.9. The molecular weight excluding hydrogens is 720 g/mol. The van der Waals surface area contributed by atoms with Gasteiger partial charge in [0.2, 0.25) is 0 Å². The second-order valence-electron chi connectivity index (χ2n) is 13.0. The Hall–Kier alpha value is -3.63. The van der Waals surface area contributed by atoms with E-state index in [0.717, 1.165) is 5.56 Å². The van der Waals surface area contributed by atoms with Gasteiger partial charge in [-0.1, -0.05) is 12.1 Å². The number of aliphatic hydroxyl groups is 6. The highest BCUT2D eigenvalue weighted by Gasteiger charge is 2.50. The summed E-state index contributed by atoms with van der Waals surface area (Å²) in [6.07, 6.45) is -13.1. The number of ether oxygens (including phenoxy) is 9. The monoisotopic (exact) mass is 768 g/mol. The quantitative estimate of drug-likeness (QED) is 0.0805. The van der Waals surface area contributed by atoms with Gasteiger partial charge in [-0.2, -0.15) is 0 Å². The maximum atomic E-state index is 12.7. The van der Waals surface area contributed by atoms with Gasteiger partial charge in [-0.05, 0) is 47.9 Å². The molecule has 3 heterocycles. The molecule has 0 saturated carbocycles. The van der Waals surface area contributed by atoms with Crippen LogP contribution in [0.25, 0.3) is 6.08 Å². The number of phenols is 2. The average molecular weight is 769 g/mol. The van der Waals surface area contributed by atoms with E-state index >= 15 is 0 Å². The number of rotatable bonds is 15. The van der Waals surface area contributed by atoms with Crippen LogP contribution in [0.2, 0.25) is 0 Å². The fourth-order valence-corrected chi connectivity index (χ4v) is 6.18. The largest absolute Gasteiger partial charge is 0.504 e. The summed E-state index contributed by atoms with van der Waals surface area (Å²) in [6.45, 7) is -1.16. The van der Waals surface area contributed by atoms with Crippen LogP contribution < -0.4 is 9.47 Å². The topological polar surface area (TPSA) is 262 Å². The molecule has 0 aromatic heterocycles.